The van der Waals surface area contributed by atoms with Crippen LogP contribution >= 0.6 is 0 Å². The molecule has 0 bridgehead atoms. The van der Waals surface area contributed by atoms with E-state index in [1.165, 1.54) is 0 Å². The second kappa shape index (κ2) is 5.30. The number of aryl methyl sites for hydroxylation is 2. The lowest BCUT2D eigenvalue weighted by Gasteiger charge is -1.97. The lowest BCUT2D eigenvalue weighted by Crippen LogP contribution is -1.93. The van der Waals surface area contributed by atoms with Crippen molar-refractivity contribution < 1.29 is 4.79 Å². The molecule has 3 aromatic rings. The average Bonchev–Trinajstić information content (AvgIpc) is 2.82. The predicted molar refractivity (Wildman–Crippen MR) is 85.3 cm³/mol. The first kappa shape index (κ1) is 13.2. The highest BCUT2D eigenvalue weighted by molar-refractivity contribution is 6.16. The Balaban J connectivity index is 2.03. The summed E-state index contributed by atoms with van der Waals surface area (Å²) >= 11 is 0. The Morgan fingerprint density at radius 3 is 2.62 bits per heavy atom. The lowest BCUT2D eigenvalue weighted by atomic mass is 10.1. The number of carbonyl (C=O) groups excluding carboxylic acids is 1. The smallest absolute Gasteiger partial charge is 0.238 e. The summed E-state index contributed by atoms with van der Waals surface area (Å²) in [5, 5.41) is 0.963. The molecule has 1 aromatic heterocycles. The van der Waals surface area contributed by atoms with Crippen LogP contribution in [0.5, 0.6) is 0 Å². The van der Waals surface area contributed by atoms with Crippen LogP contribution in [0, 0.1) is 18.8 Å². The molecule has 0 saturated carbocycles. The summed E-state index contributed by atoms with van der Waals surface area (Å²) in [6, 6.07) is 15.7. The molecule has 0 spiro atoms. The summed E-state index contributed by atoms with van der Waals surface area (Å²) in [7, 11) is 1.94. The van der Waals surface area contributed by atoms with Crippen molar-refractivity contribution in [1.82, 2.24) is 4.57 Å². The number of benzene rings is 2. The van der Waals surface area contributed by atoms with Crippen molar-refractivity contribution in [2.24, 2.45) is 7.05 Å². The number of fused-ring (bicyclic) bond motifs is 1. The van der Waals surface area contributed by atoms with Gasteiger partial charge in [0.05, 0.1) is 5.56 Å². The fourth-order valence-corrected chi connectivity index (χ4v) is 2.40. The van der Waals surface area contributed by atoms with Crippen LogP contribution in [0.1, 0.15) is 21.5 Å². The minimum Gasteiger partial charge on any atom is -0.350 e. The predicted octanol–water partition coefficient (Wildman–Crippen LogP) is 3.72. The van der Waals surface area contributed by atoms with E-state index in [0.29, 0.717) is 5.56 Å². The molecule has 0 atom stereocenters. The summed E-state index contributed by atoms with van der Waals surface area (Å²) in [6.07, 6.45) is 1.85. The molecule has 2 aromatic carbocycles. The van der Waals surface area contributed by atoms with Crippen LogP contribution in [0.2, 0.25) is 0 Å². The SMILES string of the molecule is Cc1ccc2c(c1)c(C(=O)C#Cc1ccccc1)cn2C. The summed E-state index contributed by atoms with van der Waals surface area (Å²) in [5.74, 6) is 5.52. The van der Waals surface area contributed by atoms with Gasteiger partial charge < -0.3 is 4.57 Å². The molecular formula is C19H15NO. The van der Waals surface area contributed by atoms with Crippen LogP contribution in [-0.2, 0) is 7.05 Å². The maximum absolute atomic E-state index is 12.4. The quantitative estimate of drug-likeness (QED) is 0.489. The number of aromatic nitrogens is 1. The third kappa shape index (κ3) is 2.59. The van der Waals surface area contributed by atoms with E-state index in [1.807, 2.05) is 73.3 Å². The number of nitrogens with zero attached hydrogens (tertiary/aromatic N) is 1. The van der Waals surface area contributed by atoms with E-state index in [0.717, 1.165) is 22.0 Å². The van der Waals surface area contributed by atoms with E-state index in [1.54, 1.807) is 0 Å². The molecule has 3 rings (SSSR count). The molecule has 102 valence electrons. The molecule has 2 heteroatoms. The van der Waals surface area contributed by atoms with Crippen LogP contribution in [-0.4, -0.2) is 10.4 Å². The molecule has 0 fully saturated rings. The van der Waals surface area contributed by atoms with Crippen molar-refractivity contribution in [1.29, 1.82) is 0 Å². The largest absolute Gasteiger partial charge is 0.350 e. The van der Waals surface area contributed by atoms with Crippen molar-refractivity contribution in [3.05, 3.63) is 71.4 Å². The normalized spacial score (nSPS) is 10.2. The molecule has 0 amide bonds. The Morgan fingerprint density at radius 2 is 1.86 bits per heavy atom. The Kier molecular flexibility index (Phi) is 3.33. The van der Waals surface area contributed by atoms with Gasteiger partial charge >= 0.3 is 0 Å². The zero-order valence-electron chi connectivity index (χ0n) is 12.1. The molecule has 1 heterocycles. The fraction of sp³-hybridized carbons (Fsp3) is 0.105. The van der Waals surface area contributed by atoms with Gasteiger partial charge in [-0.1, -0.05) is 35.7 Å². The molecule has 0 aliphatic carbocycles. The summed E-state index contributed by atoms with van der Waals surface area (Å²) in [5.41, 5.74) is 3.70. The zero-order valence-corrected chi connectivity index (χ0v) is 12.1. The molecule has 0 N–H and O–H groups in total. The van der Waals surface area contributed by atoms with Gasteiger partial charge in [-0.2, -0.15) is 0 Å². The van der Waals surface area contributed by atoms with Crippen molar-refractivity contribution >= 4 is 16.7 Å². The van der Waals surface area contributed by atoms with E-state index in [4.69, 9.17) is 0 Å². The molecule has 0 aliphatic heterocycles. The highest BCUT2D eigenvalue weighted by Crippen LogP contribution is 2.22. The summed E-state index contributed by atoms with van der Waals surface area (Å²) < 4.78 is 1.96. The van der Waals surface area contributed by atoms with E-state index in [2.05, 4.69) is 11.8 Å². The number of Topliss-reactive ketones (excluding diaryl/α,β-unsaturated/α-hetero) is 1. The number of hydrogen-bond donors (Lipinski definition) is 0. The minimum absolute atomic E-state index is 0.143. The number of carbonyl (C=O) groups is 1. The third-order valence-electron chi connectivity index (χ3n) is 3.48. The van der Waals surface area contributed by atoms with Gasteiger partial charge in [-0.05, 0) is 37.1 Å². The molecule has 2 nitrogen and oxygen atoms in total. The molecule has 0 saturated heterocycles. The fourth-order valence-electron chi connectivity index (χ4n) is 2.40. The van der Waals surface area contributed by atoms with Crippen LogP contribution in [0.25, 0.3) is 10.9 Å². The van der Waals surface area contributed by atoms with Crippen LogP contribution in [0.4, 0.5) is 0 Å². The molecule has 0 unspecified atom stereocenters. The maximum atomic E-state index is 12.4. The standard InChI is InChI=1S/C19H15NO/c1-14-8-10-18-16(12-14)17(13-20(18)2)19(21)11-9-15-6-4-3-5-7-15/h3-8,10,12-13H,1-2H3. The Hall–Kier alpha value is -2.79. The lowest BCUT2D eigenvalue weighted by molar-refractivity contribution is 0.105. The van der Waals surface area contributed by atoms with Gasteiger partial charge in [-0.25, -0.2) is 0 Å². The van der Waals surface area contributed by atoms with Crippen molar-refractivity contribution in [3.8, 4) is 11.8 Å². The first-order valence-electron chi connectivity index (χ1n) is 6.82. The average molecular weight is 273 g/mol. The second-order valence-electron chi connectivity index (χ2n) is 5.12. The first-order valence-corrected chi connectivity index (χ1v) is 6.82. The monoisotopic (exact) mass is 273 g/mol. The summed E-state index contributed by atoms with van der Waals surface area (Å²) in [4.78, 5) is 12.4. The van der Waals surface area contributed by atoms with E-state index in [9.17, 15) is 4.79 Å². The maximum Gasteiger partial charge on any atom is 0.238 e. The first-order chi connectivity index (χ1) is 10.1. The van der Waals surface area contributed by atoms with Gasteiger partial charge in [0.2, 0.25) is 5.78 Å². The van der Waals surface area contributed by atoms with Crippen molar-refractivity contribution in [2.45, 2.75) is 6.92 Å². The number of rotatable bonds is 1. The molecule has 21 heavy (non-hydrogen) atoms. The molecule has 0 aliphatic rings. The number of ketones is 1. The van der Waals surface area contributed by atoms with Crippen LogP contribution in [0.3, 0.4) is 0 Å². The van der Waals surface area contributed by atoms with Crippen LogP contribution < -0.4 is 0 Å². The Labute approximate surface area is 124 Å². The van der Waals surface area contributed by atoms with Gasteiger partial charge in [-0.15, -0.1) is 0 Å². The van der Waals surface area contributed by atoms with Gasteiger partial charge in [0, 0.05) is 29.7 Å². The third-order valence-corrected chi connectivity index (χ3v) is 3.48. The van der Waals surface area contributed by atoms with Crippen LogP contribution in [0.15, 0.2) is 54.7 Å². The highest BCUT2D eigenvalue weighted by Gasteiger charge is 2.12. The van der Waals surface area contributed by atoms with Gasteiger partial charge in [0.25, 0.3) is 0 Å². The van der Waals surface area contributed by atoms with E-state index >= 15 is 0 Å². The van der Waals surface area contributed by atoms with Gasteiger partial charge in [-0.3, -0.25) is 4.79 Å². The Bertz CT molecular complexity index is 876. The number of hydrogen-bond acceptors (Lipinski definition) is 1. The van der Waals surface area contributed by atoms with Crippen molar-refractivity contribution in [3.63, 3.8) is 0 Å². The topological polar surface area (TPSA) is 22.0 Å². The second-order valence-corrected chi connectivity index (χ2v) is 5.12. The van der Waals surface area contributed by atoms with Gasteiger partial charge in [0.1, 0.15) is 0 Å². The van der Waals surface area contributed by atoms with Gasteiger partial charge in [0.15, 0.2) is 0 Å². The Morgan fingerprint density at radius 1 is 1.10 bits per heavy atom. The molecular weight excluding hydrogens is 258 g/mol. The zero-order chi connectivity index (χ0) is 14.8. The van der Waals surface area contributed by atoms with Crippen molar-refractivity contribution in [2.75, 3.05) is 0 Å². The highest BCUT2D eigenvalue weighted by atomic mass is 16.1. The molecule has 0 radical (unpaired) electrons. The minimum atomic E-state index is -0.143. The van der Waals surface area contributed by atoms with E-state index < -0.39 is 0 Å². The van der Waals surface area contributed by atoms with E-state index in [-0.39, 0.29) is 5.78 Å². The summed E-state index contributed by atoms with van der Waals surface area (Å²) in [6.45, 7) is 2.02.